The van der Waals surface area contributed by atoms with Gasteiger partial charge in [-0.2, -0.15) is 28.1 Å². The number of nitrogen functional groups attached to an aromatic ring is 1. The second kappa shape index (κ2) is 13.3. The van der Waals surface area contributed by atoms with Crippen LogP contribution in [0.15, 0.2) is 16.7 Å². The van der Waals surface area contributed by atoms with E-state index in [1.807, 2.05) is 18.9 Å². The van der Waals surface area contributed by atoms with Crippen LogP contribution >= 0.6 is 0 Å². The van der Waals surface area contributed by atoms with Crippen molar-refractivity contribution in [2.45, 2.75) is 89.1 Å². The first-order valence-corrected chi connectivity index (χ1v) is 17.5. The smallest absolute Gasteiger partial charge is 0.418 e. The number of aromatic nitrogens is 5. The number of ether oxygens (including phenoxy) is 1. The summed E-state index contributed by atoms with van der Waals surface area (Å²) in [5, 5.41) is 3.74. The summed E-state index contributed by atoms with van der Waals surface area (Å²) in [5.74, 6) is 0.300. The van der Waals surface area contributed by atoms with E-state index >= 15 is 0 Å². The van der Waals surface area contributed by atoms with Crippen molar-refractivity contribution in [2.24, 2.45) is 5.92 Å². The Balaban J connectivity index is 1.19. The van der Waals surface area contributed by atoms with Crippen molar-refractivity contribution in [3.8, 4) is 6.01 Å². The van der Waals surface area contributed by atoms with E-state index in [9.17, 15) is 22.4 Å². The highest BCUT2D eigenvalue weighted by Crippen LogP contribution is 2.46. The monoisotopic (exact) mass is 713 g/mol. The predicted molar refractivity (Wildman–Crippen MR) is 180 cm³/mol. The van der Waals surface area contributed by atoms with Gasteiger partial charge in [-0.3, -0.25) is 9.69 Å². The van der Waals surface area contributed by atoms with Gasteiger partial charge in [-0.15, -0.1) is 0 Å². The third-order valence-electron chi connectivity index (χ3n) is 11.1. The lowest BCUT2D eigenvalue weighted by molar-refractivity contribution is -0.139. The number of nitrogens with two attached hydrogens (primary N) is 1. The molecule has 16 heteroatoms. The number of carbonyl (C=O) groups is 1. The van der Waals surface area contributed by atoms with Crippen LogP contribution in [0.3, 0.4) is 0 Å². The van der Waals surface area contributed by atoms with E-state index in [4.69, 9.17) is 25.0 Å². The van der Waals surface area contributed by atoms with Crippen molar-refractivity contribution in [2.75, 3.05) is 50.5 Å². The van der Waals surface area contributed by atoms with Gasteiger partial charge in [-0.1, -0.05) is 12.1 Å². The van der Waals surface area contributed by atoms with Gasteiger partial charge >= 0.3 is 12.2 Å². The number of aryl methyl sites for hydroxylation is 2. The van der Waals surface area contributed by atoms with Crippen molar-refractivity contribution < 1.29 is 31.6 Å². The van der Waals surface area contributed by atoms with E-state index in [1.165, 1.54) is 25.1 Å². The summed E-state index contributed by atoms with van der Waals surface area (Å²) in [4.78, 5) is 37.0. The van der Waals surface area contributed by atoms with E-state index in [1.54, 1.807) is 11.8 Å². The van der Waals surface area contributed by atoms with E-state index in [0.29, 0.717) is 56.2 Å². The Kier molecular flexibility index (Phi) is 9.17. The van der Waals surface area contributed by atoms with Crippen LogP contribution in [0.4, 0.5) is 29.2 Å². The highest BCUT2D eigenvalue weighted by Gasteiger charge is 2.50. The lowest BCUT2D eigenvalue weighted by Crippen LogP contribution is -2.43. The fourth-order valence-corrected chi connectivity index (χ4v) is 8.54. The van der Waals surface area contributed by atoms with Crippen LogP contribution in [-0.4, -0.2) is 98.4 Å². The number of hydrogen-bond donors (Lipinski definition) is 1. The normalized spacial score (nSPS) is 26.5. The van der Waals surface area contributed by atoms with Crippen molar-refractivity contribution in [3.63, 3.8) is 0 Å². The van der Waals surface area contributed by atoms with Crippen LogP contribution in [0.1, 0.15) is 78.3 Å². The van der Waals surface area contributed by atoms with Gasteiger partial charge in [0, 0.05) is 62.8 Å². The third kappa shape index (κ3) is 6.86. The topological polar surface area (TPSA) is 140 Å². The van der Waals surface area contributed by atoms with Gasteiger partial charge in [0.1, 0.15) is 24.4 Å². The number of amides is 1. The first kappa shape index (κ1) is 35.1. The quantitative estimate of drug-likeness (QED) is 0.257. The maximum atomic E-state index is 14.5. The molecule has 2 N–H and O–H groups in total. The Hall–Kier alpha value is -4.34. The summed E-state index contributed by atoms with van der Waals surface area (Å²) in [6.45, 7) is 7.33. The molecule has 0 spiro atoms. The number of pyridine rings is 1. The fraction of sp³-hybridized carbons (Fsp3) is 0.600. The lowest BCUT2D eigenvalue weighted by Gasteiger charge is -2.36. The van der Waals surface area contributed by atoms with Crippen LogP contribution in [0.2, 0.25) is 0 Å². The minimum Gasteiger partial charge on any atom is -0.461 e. The zero-order valence-corrected chi connectivity index (χ0v) is 29.2. The van der Waals surface area contributed by atoms with Gasteiger partial charge in [0.05, 0.1) is 22.5 Å². The highest BCUT2D eigenvalue weighted by atomic mass is 19.4. The summed E-state index contributed by atoms with van der Waals surface area (Å²) < 4.78 is 69.2. The molecule has 274 valence electrons. The molecule has 0 bridgehead atoms. The summed E-state index contributed by atoms with van der Waals surface area (Å²) in [5.41, 5.74) is 6.16. The average Bonchev–Trinajstić information content (AvgIpc) is 3.85. The van der Waals surface area contributed by atoms with Crippen molar-refractivity contribution in [1.29, 1.82) is 0 Å². The molecule has 1 aliphatic carbocycles. The Labute approximate surface area is 293 Å². The predicted octanol–water partition coefficient (Wildman–Crippen LogP) is 4.70. The van der Waals surface area contributed by atoms with E-state index in [2.05, 4.69) is 20.0 Å². The van der Waals surface area contributed by atoms with Gasteiger partial charge in [0.2, 0.25) is 5.91 Å². The van der Waals surface area contributed by atoms with Gasteiger partial charge in [0.15, 0.2) is 5.82 Å². The highest BCUT2D eigenvalue weighted by molar-refractivity contribution is 5.91. The number of likely N-dealkylation sites (tertiary alicyclic amines) is 1. The van der Waals surface area contributed by atoms with Crippen molar-refractivity contribution >= 4 is 23.6 Å². The largest absolute Gasteiger partial charge is 0.461 e. The van der Waals surface area contributed by atoms with Gasteiger partial charge in [-0.25, -0.2) is 9.37 Å². The average molecular weight is 714 g/mol. The number of fused-ring (bicyclic) bond motifs is 2. The third-order valence-corrected chi connectivity index (χ3v) is 11.1. The zero-order valence-electron chi connectivity index (χ0n) is 29.2. The first-order chi connectivity index (χ1) is 24.2. The molecule has 3 aromatic rings. The van der Waals surface area contributed by atoms with Gasteiger partial charge in [0.25, 0.3) is 5.89 Å². The number of likely N-dealkylation sites (N-methyl/N-ethyl adjacent to an activating group) is 1. The summed E-state index contributed by atoms with van der Waals surface area (Å²) >= 11 is 0. The molecule has 3 saturated heterocycles. The molecule has 0 saturated carbocycles. The second-order valence-electron chi connectivity index (χ2n) is 14.6. The molecule has 0 unspecified atom stereocenters. The zero-order chi connectivity index (χ0) is 36.2. The molecule has 51 heavy (non-hydrogen) atoms. The molecule has 4 aliphatic rings. The minimum atomic E-state index is -4.61. The van der Waals surface area contributed by atoms with E-state index in [-0.39, 0.29) is 59.9 Å². The molecular formula is C35H43F4N9O3. The van der Waals surface area contributed by atoms with Crippen molar-refractivity contribution in [3.05, 3.63) is 51.9 Å². The molecule has 7 rings (SSSR count). The number of alkyl halides is 4. The maximum Gasteiger partial charge on any atom is 0.418 e. The number of halogens is 4. The van der Waals surface area contributed by atoms with Crippen LogP contribution in [0.25, 0.3) is 6.08 Å². The molecule has 12 nitrogen and oxygen atoms in total. The second-order valence-corrected chi connectivity index (χ2v) is 14.6. The number of nitrogens with zero attached hydrogens (tertiary/aromatic N) is 8. The van der Waals surface area contributed by atoms with Crippen LogP contribution < -0.4 is 15.4 Å². The molecule has 5 atom stereocenters. The fourth-order valence-electron chi connectivity index (χ4n) is 8.54. The number of anilines is 2. The van der Waals surface area contributed by atoms with Crippen molar-refractivity contribution in [1.82, 2.24) is 34.9 Å². The molecule has 0 radical (unpaired) electrons. The van der Waals surface area contributed by atoms with E-state index < -0.39 is 29.4 Å². The minimum absolute atomic E-state index is 0.0283. The molecule has 1 amide bonds. The summed E-state index contributed by atoms with van der Waals surface area (Å²) in [6, 6.07) is 1.25. The maximum absolute atomic E-state index is 14.5. The van der Waals surface area contributed by atoms with Crippen LogP contribution in [0.5, 0.6) is 6.01 Å². The Bertz CT molecular complexity index is 1830. The summed E-state index contributed by atoms with van der Waals surface area (Å²) in [6.07, 6.45) is 0.719. The Morgan fingerprint density at radius 3 is 2.73 bits per heavy atom. The van der Waals surface area contributed by atoms with Gasteiger partial charge < -0.3 is 24.8 Å². The number of rotatable bonds is 8. The number of carbonyl (C=O) groups excluding carboxylic acids is 1. The molecule has 3 aliphatic heterocycles. The molecule has 6 heterocycles. The lowest BCUT2D eigenvalue weighted by atomic mass is 9.75. The first-order valence-electron chi connectivity index (χ1n) is 17.5. The van der Waals surface area contributed by atoms with Gasteiger partial charge in [-0.05, 0) is 70.0 Å². The van der Waals surface area contributed by atoms with E-state index in [0.717, 1.165) is 24.9 Å². The van der Waals surface area contributed by atoms with Crippen LogP contribution in [-0.2, 0) is 23.8 Å². The number of hydrogen-bond acceptors (Lipinski definition) is 11. The Morgan fingerprint density at radius 1 is 1.18 bits per heavy atom. The Morgan fingerprint density at radius 2 is 1.98 bits per heavy atom. The molecule has 0 aromatic carbocycles. The molecular weight excluding hydrogens is 670 g/mol. The summed E-state index contributed by atoms with van der Waals surface area (Å²) in [7, 11) is 1.91. The van der Waals surface area contributed by atoms with Crippen LogP contribution in [0, 0.1) is 19.8 Å². The SMILES string of the molecule is Cc1noc(/C=C/C(=O)N2CC[C@@H](N(C)c3nc(OC[C@@]45CCCN4C[C@H](F)C5)nc4c3C[C@@H](C)[C@H](c3nc(N)cc(C)c3C(F)(F)F)C4)C2)n1. The molecule has 3 aromatic heterocycles. The standard InChI is InChI=1S/C35H43F4N9O3/c1-19-12-25-26(14-24(19)31-30(35(37,38)39)20(2)13-27(40)43-31)42-33(50-18-34-9-5-10-48(34)16-22(36)15-34)44-32(25)46(4)23-8-11-47(17-23)29(49)7-6-28-41-21(3)45-51-28/h6-7,13,19,22-24H,5,8-12,14-18H2,1-4H3,(H2,40,43)/b7-6+/t19-,22-,23-,24-,34+/m1/s1. The molecule has 3 fully saturated rings.